The zero-order chi connectivity index (χ0) is 9.30. The Kier molecular flexibility index (Phi) is 4.45. The minimum absolute atomic E-state index is 0. The number of hydrogen-bond acceptors (Lipinski definition) is 1. The van der Waals surface area contributed by atoms with E-state index >= 15 is 0 Å². The second-order valence-corrected chi connectivity index (χ2v) is 3.58. The lowest BCUT2D eigenvalue weighted by Gasteiger charge is -2.12. The van der Waals surface area contributed by atoms with Crippen LogP contribution in [-0.2, 0) is 0 Å². The number of halogens is 1. The van der Waals surface area contributed by atoms with Crippen molar-refractivity contribution in [2.75, 3.05) is 0 Å². The normalized spacial score (nSPS) is 12.1. The van der Waals surface area contributed by atoms with Gasteiger partial charge in [0.15, 0.2) is 0 Å². The largest absolute Gasteiger partial charge is 0.324 e. The fraction of sp³-hybridized carbons (Fsp3) is 0.455. The van der Waals surface area contributed by atoms with Crippen LogP contribution in [0.5, 0.6) is 0 Å². The van der Waals surface area contributed by atoms with Crippen molar-refractivity contribution in [3.05, 3.63) is 34.4 Å². The lowest BCUT2D eigenvalue weighted by atomic mass is 9.97. The van der Waals surface area contributed by atoms with Gasteiger partial charge in [0.25, 0.3) is 0 Å². The highest BCUT2D eigenvalue weighted by Crippen LogP contribution is 2.19. The number of benzene rings is 1. The van der Waals surface area contributed by atoms with Crippen LogP contribution in [0.4, 0.5) is 0 Å². The summed E-state index contributed by atoms with van der Waals surface area (Å²) in [5.74, 6) is 0. The molecule has 0 aliphatic rings. The quantitative estimate of drug-likeness (QED) is 0.740. The maximum absolute atomic E-state index is 5.83. The molecule has 0 fully saturated rings. The van der Waals surface area contributed by atoms with Crippen LogP contribution in [0.15, 0.2) is 12.1 Å². The first kappa shape index (κ1) is 12.5. The first-order valence-corrected chi connectivity index (χ1v) is 4.35. The van der Waals surface area contributed by atoms with Gasteiger partial charge in [-0.3, -0.25) is 0 Å². The third-order valence-electron chi connectivity index (χ3n) is 2.37. The van der Waals surface area contributed by atoms with Crippen molar-refractivity contribution in [3.8, 4) is 0 Å². The van der Waals surface area contributed by atoms with Crippen LogP contribution in [0.1, 0.15) is 35.2 Å². The third-order valence-corrected chi connectivity index (χ3v) is 2.37. The lowest BCUT2D eigenvalue weighted by molar-refractivity contribution is 0.807. The molecule has 0 bridgehead atoms. The Hall–Kier alpha value is -0.530. The first-order valence-electron chi connectivity index (χ1n) is 4.35. The van der Waals surface area contributed by atoms with Crippen LogP contribution in [0, 0.1) is 20.8 Å². The van der Waals surface area contributed by atoms with E-state index in [1.807, 2.05) is 6.92 Å². The van der Waals surface area contributed by atoms with Gasteiger partial charge in [0.1, 0.15) is 0 Å². The van der Waals surface area contributed by atoms with Crippen LogP contribution in [0.3, 0.4) is 0 Å². The molecule has 0 saturated carbocycles. The van der Waals surface area contributed by atoms with E-state index in [1.165, 1.54) is 22.3 Å². The predicted octanol–water partition coefficient (Wildman–Crippen LogP) is 3.05. The maximum Gasteiger partial charge on any atom is 0.0268 e. The van der Waals surface area contributed by atoms with Crippen molar-refractivity contribution < 1.29 is 0 Å². The second kappa shape index (κ2) is 4.64. The van der Waals surface area contributed by atoms with Gasteiger partial charge in [-0.1, -0.05) is 12.1 Å². The van der Waals surface area contributed by atoms with Crippen LogP contribution in [0.25, 0.3) is 0 Å². The molecule has 0 saturated heterocycles. The summed E-state index contributed by atoms with van der Waals surface area (Å²) in [5, 5.41) is 0. The average Bonchev–Trinajstić information content (AvgIpc) is 1.96. The van der Waals surface area contributed by atoms with Crippen molar-refractivity contribution in [2.24, 2.45) is 5.73 Å². The topological polar surface area (TPSA) is 26.0 Å². The van der Waals surface area contributed by atoms with Crippen molar-refractivity contribution in [1.29, 1.82) is 0 Å². The Morgan fingerprint density at radius 1 is 1.00 bits per heavy atom. The van der Waals surface area contributed by atoms with E-state index in [9.17, 15) is 0 Å². The number of aryl methyl sites for hydroxylation is 3. The third kappa shape index (κ3) is 2.71. The first-order chi connectivity index (χ1) is 5.52. The van der Waals surface area contributed by atoms with Gasteiger partial charge in [-0.25, -0.2) is 0 Å². The van der Waals surface area contributed by atoms with Crippen LogP contribution in [0.2, 0.25) is 0 Å². The highest BCUT2D eigenvalue weighted by molar-refractivity contribution is 5.85. The van der Waals surface area contributed by atoms with Gasteiger partial charge in [-0.2, -0.15) is 0 Å². The van der Waals surface area contributed by atoms with Gasteiger partial charge < -0.3 is 5.73 Å². The second-order valence-electron chi connectivity index (χ2n) is 3.58. The van der Waals surface area contributed by atoms with Crippen LogP contribution < -0.4 is 5.73 Å². The predicted molar refractivity (Wildman–Crippen MR) is 60.5 cm³/mol. The van der Waals surface area contributed by atoms with E-state index < -0.39 is 0 Å². The molecule has 0 spiro atoms. The summed E-state index contributed by atoms with van der Waals surface area (Å²) in [6.07, 6.45) is 0. The van der Waals surface area contributed by atoms with Gasteiger partial charge in [0, 0.05) is 6.04 Å². The summed E-state index contributed by atoms with van der Waals surface area (Å²) < 4.78 is 0. The molecule has 1 rings (SSSR count). The summed E-state index contributed by atoms with van der Waals surface area (Å²) in [6.45, 7) is 8.40. The Labute approximate surface area is 86.7 Å². The molecule has 74 valence electrons. The van der Waals surface area contributed by atoms with E-state index in [0.29, 0.717) is 0 Å². The molecule has 2 heteroatoms. The molecule has 0 heterocycles. The Balaban J connectivity index is 0.00000144. The fourth-order valence-electron chi connectivity index (χ4n) is 1.47. The van der Waals surface area contributed by atoms with Crippen molar-refractivity contribution in [1.82, 2.24) is 0 Å². The molecule has 1 atom stereocenters. The van der Waals surface area contributed by atoms with Gasteiger partial charge in [-0.15, -0.1) is 12.4 Å². The standard InChI is InChI=1S/C11H17N.ClH/c1-7-5-9(3)11(10(4)12)6-8(7)2;/h5-6,10H,12H2,1-4H3;1H/t10-;/m1./s1. The number of hydrogen-bond donors (Lipinski definition) is 1. The molecule has 2 N–H and O–H groups in total. The summed E-state index contributed by atoms with van der Waals surface area (Å²) in [7, 11) is 0. The summed E-state index contributed by atoms with van der Waals surface area (Å²) >= 11 is 0. The van der Waals surface area contributed by atoms with E-state index in [-0.39, 0.29) is 18.4 Å². The maximum atomic E-state index is 5.83. The summed E-state index contributed by atoms with van der Waals surface area (Å²) in [6, 6.07) is 4.54. The molecule has 1 aromatic carbocycles. The zero-order valence-corrected chi connectivity index (χ0v) is 9.53. The van der Waals surface area contributed by atoms with Crippen LogP contribution in [-0.4, -0.2) is 0 Å². The molecule has 0 amide bonds. The number of rotatable bonds is 1. The van der Waals surface area contributed by atoms with E-state index in [2.05, 4.69) is 32.9 Å². The smallest absolute Gasteiger partial charge is 0.0268 e. The Bertz CT molecular complexity index is 292. The van der Waals surface area contributed by atoms with Crippen molar-refractivity contribution >= 4 is 12.4 Å². The minimum Gasteiger partial charge on any atom is -0.324 e. The van der Waals surface area contributed by atoms with Crippen molar-refractivity contribution in [2.45, 2.75) is 33.7 Å². The zero-order valence-electron chi connectivity index (χ0n) is 8.72. The van der Waals surface area contributed by atoms with E-state index in [1.54, 1.807) is 0 Å². The molecule has 0 unspecified atom stereocenters. The van der Waals surface area contributed by atoms with Gasteiger partial charge in [-0.05, 0) is 49.9 Å². The van der Waals surface area contributed by atoms with E-state index in [0.717, 1.165) is 0 Å². The Morgan fingerprint density at radius 3 is 1.92 bits per heavy atom. The minimum atomic E-state index is 0. The van der Waals surface area contributed by atoms with Crippen molar-refractivity contribution in [3.63, 3.8) is 0 Å². The number of nitrogens with two attached hydrogens (primary N) is 1. The molecule has 0 aromatic heterocycles. The molecular formula is C11H18ClN. The molecule has 0 aliphatic carbocycles. The molecule has 13 heavy (non-hydrogen) atoms. The molecule has 1 nitrogen and oxygen atoms in total. The highest BCUT2D eigenvalue weighted by Gasteiger charge is 2.04. The molecular weight excluding hydrogens is 182 g/mol. The fourth-order valence-corrected chi connectivity index (χ4v) is 1.47. The van der Waals surface area contributed by atoms with Gasteiger partial charge in [0.05, 0.1) is 0 Å². The lowest BCUT2D eigenvalue weighted by Crippen LogP contribution is -2.07. The molecule has 1 aromatic rings. The highest BCUT2D eigenvalue weighted by atomic mass is 35.5. The van der Waals surface area contributed by atoms with Gasteiger partial charge >= 0.3 is 0 Å². The molecule has 0 aliphatic heterocycles. The SMILES string of the molecule is Cc1cc(C)c([C@@H](C)N)cc1C.Cl. The van der Waals surface area contributed by atoms with Gasteiger partial charge in [0.2, 0.25) is 0 Å². The summed E-state index contributed by atoms with van der Waals surface area (Å²) in [5.41, 5.74) is 11.1. The van der Waals surface area contributed by atoms with Crippen LogP contribution >= 0.6 is 12.4 Å². The van der Waals surface area contributed by atoms with E-state index in [4.69, 9.17) is 5.73 Å². The summed E-state index contributed by atoms with van der Waals surface area (Å²) in [4.78, 5) is 0. The Morgan fingerprint density at radius 2 is 1.46 bits per heavy atom. The molecule has 0 radical (unpaired) electrons. The monoisotopic (exact) mass is 199 g/mol. The average molecular weight is 200 g/mol.